The standard InChI is InChI=1S/C16H23N3O2/c1-3-14(17)11-13-12-15(20-2)5-6-16(13)21-10-9-19-8-4-7-18-19/h4-8,12,14H,3,9-11,17H2,1-2H3. The molecular weight excluding hydrogens is 266 g/mol. The highest BCUT2D eigenvalue weighted by Gasteiger charge is 2.10. The quantitative estimate of drug-likeness (QED) is 0.809. The molecule has 114 valence electrons. The Kier molecular flexibility index (Phi) is 5.63. The molecule has 0 aliphatic rings. The normalized spacial score (nSPS) is 12.1. The van der Waals surface area contributed by atoms with Gasteiger partial charge in [-0.25, -0.2) is 0 Å². The van der Waals surface area contributed by atoms with Crippen molar-refractivity contribution >= 4 is 0 Å². The molecule has 1 heterocycles. The third-order valence-electron chi connectivity index (χ3n) is 3.41. The van der Waals surface area contributed by atoms with Crippen LogP contribution in [0.4, 0.5) is 0 Å². The maximum absolute atomic E-state index is 6.06. The molecular formula is C16H23N3O2. The third-order valence-corrected chi connectivity index (χ3v) is 3.41. The summed E-state index contributed by atoms with van der Waals surface area (Å²) in [6.07, 6.45) is 5.40. The topological polar surface area (TPSA) is 62.3 Å². The van der Waals surface area contributed by atoms with Crippen molar-refractivity contribution in [1.29, 1.82) is 0 Å². The van der Waals surface area contributed by atoms with Crippen LogP contribution in [0.15, 0.2) is 36.7 Å². The number of hydrogen-bond donors (Lipinski definition) is 1. The minimum Gasteiger partial charge on any atom is -0.497 e. The second kappa shape index (κ2) is 7.69. The maximum atomic E-state index is 6.06. The van der Waals surface area contributed by atoms with E-state index in [4.69, 9.17) is 15.2 Å². The minimum atomic E-state index is 0.130. The van der Waals surface area contributed by atoms with Gasteiger partial charge in [0.25, 0.3) is 0 Å². The molecule has 0 fully saturated rings. The summed E-state index contributed by atoms with van der Waals surface area (Å²) in [6.45, 7) is 3.38. The Morgan fingerprint density at radius 2 is 2.24 bits per heavy atom. The van der Waals surface area contributed by atoms with Crippen molar-refractivity contribution in [2.24, 2.45) is 5.73 Å². The molecule has 0 spiro atoms. The summed E-state index contributed by atoms with van der Waals surface area (Å²) in [6, 6.07) is 7.88. The number of benzene rings is 1. The van der Waals surface area contributed by atoms with E-state index in [1.165, 1.54) is 0 Å². The summed E-state index contributed by atoms with van der Waals surface area (Å²) in [5.74, 6) is 1.69. The van der Waals surface area contributed by atoms with Gasteiger partial charge in [-0.15, -0.1) is 0 Å². The van der Waals surface area contributed by atoms with E-state index in [1.807, 2.05) is 35.1 Å². The number of rotatable bonds is 8. The van der Waals surface area contributed by atoms with Crippen molar-refractivity contribution in [3.63, 3.8) is 0 Å². The van der Waals surface area contributed by atoms with Gasteiger partial charge in [0, 0.05) is 18.4 Å². The Morgan fingerprint density at radius 3 is 2.90 bits per heavy atom. The van der Waals surface area contributed by atoms with Crippen molar-refractivity contribution in [2.45, 2.75) is 32.4 Å². The number of hydrogen-bond acceptors (Lipinski definition) is 4. The third kappa shape index (κ3) is 4.49. The number of nitrogens with two attached hydrogens (primary N) is 1. The first-order valence-electron chi connectivity index (χ1n) is 7.25. The van der Waals surface area contributed by atoms with Crippen molar-refractivity contribution < 1.29 is 9.47 Å². The lowest BCUT2D eigenvalue weighted by Crippen LogP contribution is -2.22. The molecule has 21 heavy (non-hydrogen) atoms. The molecule has 0 amide bonds. The zero-order valence-electron chi connectivity index (χ0n) is 12.7. The molecule has 2 aromatic rings. The van der Waals surface area contributed by atoms with Crippen LogP contribution in [-0.2, 0) is 13.0 Å². The van der Waals surface area contributed by atoms with Gasteiger partial charge in [0.05, 0.1) is 13.7 Å². The van der Waals surface area contributed by atoms with Crippen molar-refractivity contribution in [1.82, 2.24) is 9.78 Å². The van der Waals surface area contributed by atoms with E-state index >= 15 is 0 Å². The van der Waals surface area contributed by atoms with Crippen LogP contribution in [0.3, 0.4) is 0 Å². The monoisotopic (exact) mass is 289 g/mol. The van der Waals surface area contributed by atoms with Crippen LogP contribution in [0.5, 0.6) is 11.5 Å². The van der Waals surface area contributed by atoms with E-state index in [0.717, 1.165) is 36.4 Å². The molecule has 0 radical (unpaired) electrons. The average molecular weight is 289 g/mol. The van der Waals surface area contributed by atoms with Crippen LogP contribution in [0.1, 0.15) is 18.9 Å². The highest BCUT2D eigenvalue weighted by Crippen LogP contribution is 2.25. The van der Waals surface area contributed by atoms with Crippen molar-refractivity contribution in [3.8, 4) is 11.5 Å². The fourth-order valence-corrected chi connectivity index (χ4v) is 2.09. The lowest BCUT2D eigenvalue weighted by Gasteiger charge is -2.15. The van der Waals surface area contributed by atoms with Crippen molar-refractivity contribution in [3.05, 3.63) is 42.2 Å². The van der Waals surface area contributed by atoms with E-state index in [2.05, 4.69) is 12.0 Å². The Morgan fingerprint density at radius 1 is 1.38 bits per heavy atom. The Hall–Kier alpha value is -2.01. The number of nitrogens with zero attached hydrogens (tertiary/aromatic N) is 2. The fraction of sp³-hybridized carbons (Fsp3) is 0.438. The fourth-order valence-electron chi connectivity index (χ4n) is 2.09. The average Bonchev–Trinajstić information content (AvgIpc) is 3.01. The van der Waals surface area contributed by atoms with Gasteiger partial charge in [0.1, 0.15) is 18.1 Å². The van der Waals surface area contributed by atoms with E-state index in [0.29, 0.717) is 6.61 Å². The molecule has 0 bridgehead atoms. The Bertz CT molecular complexity index is 540. The second-order valence-corrected chi connectivity index (χ2v) is 4.96. The molecule has 1 atom stereocenters. The second-order valence-electron chi connectivity index (χ2n) is 4.96. The van der Waals surface area contributed by atoms with Crippen LogP contribution >= 0.6 is 0 Å². The van der Waals surface area contributed by atoms with Gasteiger partial charge in [0.2, 0.25) is 0 Å². The summed E-state index contributed by atoms with van der Waals surface area (Å²) < 4.78 is 13.0. The molecule has 0 aliphatic carbocycles. The summed E-state index contributed by atoms with van der Waals surface area (Å²) in [7, 11) is 1.66. The summed E-state index contributed by atoms with van der Waals surface area (Å²) >= 11 is 0. The van der Waals surface area contributed by atoms with Gasteiger partial charge in [-0.2, -0.15) is 5.10 Å². The first kappa shape index (κ1) is 15.4. The smallest absolute Gasteiger partial charge is 0.122 e. The molecule has 5 nitrogen and oxygen atoms in total. The maximum Gasteiger partial charge on any atom is 0.122 e. The van der Waals surface area contributed by atoms with Gasteiger partial charge in [0.15, 0.2) is 0 Å². The van der Waals surface area contributed by atoms with Crippen molar-refractivity contribution in [2.75, 3.05) is 13.7 Å². The van der Waals surface area contributed by atoms with Crippen LogP contribution in [0.2, 0.25) is 0 Å². The highest BCUT2D eigenvalue weighted by molar-refractivity contribution is 5.40. The largest absolute Gasteiger partial charge is 0.497 e. The Balaban J connectivity index is 2.02. The summed E-state index contributed by atoms with van der Waals surface area (Å²) in [4.78, 5) is 0. The molecule has 0 aliphatic heterocycles. The van der Waals surface area contributed by atoms with Crippen LogP contribution < -0.4 is 15.2 Å². The zero-order chi connectivity index (χ0) is 15.1. The van der Waals surface area contributed by atoms with Crippen LogP contribution in [0, 0.1) is 0 Å². The highest BCUT2D eigenvalue weighted by atomic mass is 16.5. The molecule has 0 saturated carbocycles. The zero-order valence-corrected chi connectivity index (χ0v) is 12.7. The molecule has 5 heteroatoms. The lowest BCUT2D eigenvalue weighted by atomic mass is 10.0. The predicted molar refractivity (Wildman–Crippen MR) is 82.7 cm³/mol. The molecule has 1 unspecified atom stereocenters. The van der Waals surface area contributed by atoms with Gasteiger partial charge >= 0.3 is 0 Å². The van der Waals surface area contributed by atoms with E-state index in [-0.39, 0.29) is 6.04 Å². The van der Waals surface area contributed by atoms with E-state index < -0.39 is 0 Å². The van der Waals surface area contributed by atoms with Crippen LogP contribution in [-0.4, -0.2) is 29.5 Å². The molecule has 2 rings (SSSR count). The molecule has 2 N–H and O–H groups in total. The SMILES string of the molecule is CCC(N)Cc1cc(OC)ccc1OCCn1cccn1. The molecule has 1 aromatic carbocycles. The number of ether oxygens (including phenoxy) is 2. The minimum absolute atomic E-state index is 0.130. The van der Waals surface area contributed by atoms with Gasteiger partial charge in [-0.1, -0.05) is 6.92 Å². The molecule has 1 aromatic heterocycles. The summed E-state index contributed by atoms with van der Waals surface area (Å²) in [5, 5.41) is 4.16. The Labute approximate surface area is 125 Å². The summed E-state index contributed by atoms with van der Waals surface area (Å²) in [5.41, 5.74) is 7.15. The predicted octanol–water partition coefficient (Wildman–Crippen LogP) is 2.25. The van der Waals surface area contributed by atoms with E-state index in [9.17, 15) is 0 Å². The van der Waals surface area contributed by atoms with Gasteiger partial charge in [-0.05, 0) is 42.7 Å². The number of methoxy groups -OCH3 is 1. The lowest BCUT2D eigenvalue weighted by molar-refractivity contribution is 0.287. The van der Waals surface area contributed by atoms with Gasteiger partial charge < -0.3 is 15.2 Å². The first-order chi connectivity index (χ1) is 10.2. The number of aromatic nitrogens is 2. The first-order valence-corrected chi connectivity index (χ1v) is 7.25. The van der Waals surface area contributed by atoms with E-state index in [1.54, 1.807) is 13.3 Å². The molecule has 0 saturated heterocycles. The van der Waals surface area contributed by atoms with Crippen LogP contribution in [0.25, 0.3) is 0 Å². The van der Waals surface area contributed by atoms with Gasteiger partial charge in [-0.3, -0.25) is 4.68 Å².